The molecule has 1 aromatic heterocycles. The van der Waals surface area contributed by atoms with Crippen LogP contribution in [0.25, 0.3) is 0 Å². The number of nitrogens with zero attached hydrogens (tertiary/aromatic N) is 3. The smallest absolute Gasteiger partial charge is 0.267 e. The minimum atomic E-state index is -0.724. The van der Waals surface area contributed by atoms with E-state index in [1.165, 1.54) is 59.8 Å². The molecule has 0 spiro atoms. The highest BCUT2D eigenvalue weighted by atomic mass is 19.1. The number of hydrogen-bond acceptors (Lipinski definition) is 7. The summed E-state index contributed by atoms with van der Waals surface area (Å²) in [5.74, 6) is -1.94. The summed E-state index contributed by atoms with van der Waals surface area (Å²) in [6, 6.07) is 11.5. The zero-order valence-electron chi connectivity index (χ0n) is 28.6. The first kappa shape index (κ1) is 37.8. The van der Waals surface area contributed by atoms with Crippen LogP contribution in [0.3, 0.4) is 0 Å². The van der Waals surface area contributed by atoms with Crippen LogP contribution in [0.4, 0.5) is 26.0 Å². The number of carbonyl (C=O) groups is 2. The lowest BCUT2D eigenvalue weighted by atomic mass is 10.1. The van der Waals surface area contributed by atoms with Crippen LogP contribution in [-0.4, -0.2) is 47.4 Å². The van der Waals surface area contributed by atoms with Gasteiger partial charge >= 0.3 is 0 Å². The average Bonchev–Trinajstić information content (AvgIpc) is 3.05. The highest BCUT2D eigenvalue weighted by Crippen LogP contribution is 2.31. The molecular formula is C37H48F2N6O3. The van der Waals surface area contributed by atoms with E-state index in [2.05, 4.69) is 41.3 Å². The van der Waals surface area contributed by atoms with Gasteiger partial charge in [-0.05, 0) is 109 Å². The van der Waals surface area contributed by atoms with Gasteiger partial charge in [-0.3, -0.25) is 14.5 Å². The largest absolute Gasteiger partial charge is 0.454 e. The molecule has 0 radical (unpaired) electrons. The van der Waals surface area contributed by atoms with Crippen LogP contribution in [-0.2, 0) is 16.1 Å². The summed E-state index contributed by atoms with van der Waals surface area (Å²) in [5, 5.41) is 6.00. The van der Waals surface area contributed by atoms with Gasteiger partial charge in [-0.2, -0.15) is 0 Å². The number of nitrogen functional groups attached to an aromatic ring is 1. The van der Waals surface area contributed by atoms with Crippen LogP contribution in [0.5, 0.6) is 11.5 Å². The molecule has 0 aliphatic carbocycles. The number of unbranched alkanes of at least 4 members (excludes halogenated alkanes) is 1. The molecule has 0 aliphatic heterocycles. The highest BCUT2D eigenvalue weighted by molar-refractivity contribution is 6.27. The van der Waals surface area contributed by atoms with Gasteiger partial charge in [0.05, 0.1) is 5.56 Å². The Morgan fingerprint density at radius 3 is 2.42 bits per heavy atom. The third kappa shape index (κ3) is 11.0. The predicted molar refractivity (Wildman–Crippen MR) is 189 cm³/mol. The van der Waals surface area contributed by atoms with Crippen molar-refractivity contribution in [2.45, 2.75) is 72.9 Å². The maximum Gasteiger partial charge on any atom is 0.267 e. The second-order valence-electron chi connectivity index (χ2n) is 11.5. The van der Waals surface area contributed by atoms with E-state index >= 15 is 4.39 Å². The minimum absolute atomic E-state index is 0.0690. The molecule has 0 saturated carbocycles. The van der Waals surface area contributed by atoms with Crippen molar-refractivity contribution in [3.63, 3.8) is 0 Å². The van der Waals surface area contributed by atoms with Crippen molar-refractivity contribution in [3.8, 4) is 11.5 Å². The SMILES string of the molecule is C/C=C\N(C(=O)/C(=C/CC)C(=O)Nc1ccc(Oc2ccnc(N)c2CNCCCCN(CCC)C(C)C)c(F)c1)c1ccc(F)cc1. The van der Waals surface area contributed by atoms with Crippen molar-refractivity contribution in [1.29, 1.82) is 0 Å². The summed E-state index contributed by atoms with van der Waals surface area (Å²) in [6.07, 6.45) is 9.69. The van der Waals surface area contributed by atoms with E-state index in [0.29, 0.717) is 36.0 Å². The van der Waals surface area contributed by atoms with Crippen LogP contribution in [0.15, 0.2) is 78.7 Å². The van der Waals surface area contributed by atoms with Crippen molar-refractivity contribution in [2.75, 3.05) is 35.6 Å². The first-order valence-corrected chi connectivity index (χ1v) is 16.5. The number of carbonyl (C=O) groups excluding carboxylic acids is 2. The van der Waals surface area contributed by atoms with E-state index in [1.54, 1.807) is 26.0 Å². The number of pyridine rings is 1. The van der Waals surface area contributed by atoms with E-state index in [4.69, 9.17) is 10.5 Å². The Bertz CT molecular complexity index is 1560. The van der Waals surface area contributed by atoms with Gasteiger partial charge in [0, 0.05) is 42.4 Å². The van der Waals surface area contributed by atoms with Crippen molar-refractivity contribution >= 4 is 29.0 Å². The van der Waals surface area contributed by atoms with Gasteiger partial charge in [-0.15, -0.1) is 0 Å². The fraction of sp³-hybridized carbons (Fsp3) is 0.378. The fourth-order valence-corrected chi connectivity index (χ4v) is 5.07. The maximum atomic E-state index is 15.3. The number of amides is 2. The van der Waals surface area contributed by atoms with Crippen LogP contribution in [0.2, 0.25) is 0 Å². The molecule has 2 aromatic carbocycles. The lowest BCUT2D eigenvalue weighted by molar-refractivity contribution is -0.119. The van der Waals surface area contributed by atoms with E-state index in [9.17, 15) is 14.0 Å². The van der Waals surface area contributed by atoms with Crippen molar-refractivity contribution in [2.24, 2.45) is 0 Å². The van der Waals surface area contributed by atoms with Gasteiger partial charge in [-0.1, -0.05) is 26.0 Å². The summed E-state index contributed by atoms with van der Waals surface area (Å²) >= 11 is 0. The Labute approximate surface area is 282 Å². The first-order valence-electron chi connectivity index (χ1n) is 16.5. The molecule has 2 amide bonds. The van der Waals surface area contributed by atoms with Gasteiger partial charge in [-0.25, -0.2) is 13.8 Å². The van der Waals surface area contributed by atoms with E-state index in [1.807, 2.05) is 0 Å². The molecule has 258 valence electrons. The Morgan fingerprint density at radius 2 is 1.77 bits per heavy atom. The summed E-state index contributed by atoms with van der Waals surface area (Å²) in [7, 11) is 0. The number of hydrogen-bond donors (Lipinski definition) is 3. The number of nitrogens with one attached hydrogen (secondary N) is 2. The number of anilines is 3. The molecule has 0 atom stereocenters. The lowest BCUT2D eigenvalue weighted by Gasteiger charge is -2.25. The second-order valence-corrected chi connectivity index (χ2v) is 11.5. The molecule has 48 heavy (non-hydrogen) atoms. The molecule has 9 nitrogen and oxygen atoms in total. The minimum Gasteiger partial charge on any atom is -0.454 e. The monoisotopic (exact) mass is 662 g/mol. The Hall–Kier alpha value is -4.61. The normalized spacial score (nSPS) is 11.8. The quantitative estimate of drug-likeness (QED) is 0.0558. The zero-order valence-corrected chi connectivity index (χ0v) is 28.6. The number of ether oxygens (including phenoxy) is 1. The number of rotatable bonds is 18. The van der Waals surface area contributed by atoms with E-state index in [-0.39, 0.29) is 22.8 Å². The summed E-state index contributed by atoms with van der Waals surface area (Å²) in [5.41, 5.74) is 7.14. The zero-order chi connectivity index (χ0) is 35.1. The third-order valence-corrected chi connectivity index (χ3v) is 7.55. The third-order valence-electron chi connectivity index (χ3n) is 7.55. The Kier molecular flexibility index (Phi) is 15.2. The first-order chi connectivity index (χ1) is 23.1. The van der Waals surface area contributed by atoms with Crippen molar-refractivity contribution < 1.29 is 23.1 Å². The number of aromatic nitrogens is 1. The molecule has 3 aromatic rings. The van der Waals surface area contributed by atoms with Crippen LogP contribution >= 0.6 is 0 Å². The van der Waals surface area contributed by atoms with Gasteiger partial charge < -0.3 is 26.0 Å². The van der Waals surface area contributed by atoms with Crippen molar-refractivity contribution in [3.05, 3.63) is 95.9 Å². The molecule has 1 heterocycles. The number of benzene rings is 2. The molecule has 3 rings (SSSR count). The van der Waals surface area contributed by atoms with Gasteiger partial charge in [0.2, 0.25) is 0 Å². The standard InChI is InChI=1S/C37H48F2N6O3/c1-6-11-30(37(47)45(22-8-3)29-15-12-27(38)13-16-29)36(46)43-28-14-17-34(32(39)24-28)48-33-18-20-42-35(40)31(33)25-41-19-9-10-23-44(21-7-2)26(4)5/h8,11-18,20,22,24,26,41H,6-7,9-10,19,21,23,25H2,1-5H3,(H2,40,42)(H,43,46)/b22-8-,30-11+. The Balaban J connectivity index is 1.66. The van der Waals surface area contributed by atoms with Gasteiger partial charge in [0.1, 0.15) is 23.0 Å². The van der Waals surface area contributed by atoms with Crippen LogP contribution in [0, 0.1) is 11.6 Å². The summed E-state index contributed by atoms with van der Waals surface area (Å²) in [6.45, 7) is 13.4. The predicted octanol–water partition coefficient (Wildman–Crippen LogP) is 7.57. The summed E-state index contributed by atoms with van der Waals surface area (Å²) in [4.78, 5) is 34.6. The lowest BCUT2D eigenvalue weighted by Crippen LogP contribution is -2.32. The van der Waals surface area contributed by atoms with Crippen molar-refractivity contribution in [1.82, 2.24) is 15.2 Å². The van der Waals surface area contributed by atoms with Gasteiger partial charge in [0.25, 0.3) is 11.8 Å². The van der Waals surface area contributed by atoms with E-state index < -0.39 is 23.4 Å². The number of allylic oxidation sites excluding steroid dienone is 2. The highest BCUT2D eigenvalue weighted by Gasteiger charge is 2.24. The van der Waals surface area contributed by atoms with Crippen LogP contribution in [0.1, 0.15) is 65.9 Å². The molecule has 0 saturated heterocycles. The van der Waals surface area contributed by atoms with Gasteiger partial charge in [0.15, 0.2) is 11.6 Å². The number of nitrogens with two attached hydrogens (primary N) is 1. The molecule has 0 bridgehead atoms. The molecular weight excluding hydrogens is 614 g/mol. The second kappa shape index (κ2) is 19.3. The fourth-order valence-electron chi connectivity index (χ4n) is 5.07. The number of halogens is 2. The molecule has 11 heteroatoms. The maximum absolute atomic E-state index is 15.3. The molecule has 0 unspecified atom stereocenters. The topological polar surface area (TPSA) is 113 Å². The van der Waals surface area contributed by atoms with Crippen LogP contribution < -0.4 is 26.0 Å². The Morgan fingerprint density at radius 1 is 1.02 bits per heavy atom. The van der Waals surface area contributed by atoms with E-state index in [0.717, 1.165) is 45.0 Å². The molecule has 4 N–H and O–H groups in total. The molecule has 0 fully saturated rings. The average molecular weight is 663 g/mol. The summed E-state index contributed by atoms with van der Waals surface area (Å²) < 4.78 is 34.7. The molecule has 0 aliphatic rings.